The number of nitrogens with zero attached hydrogens (tertiary/aromatic N) is 2. The van der Waals surface area contributed by atoms with E-state index in [1.54, 1.807) is 0 Å². The Hall–Kier alpha value is -1.39. The lowest BCUT2D eigenvalue weighted by Crippen LogP contribution is -2.06. The van der Waals surface area contributed by atoms with E-state index < -0.39 is 0 Å². The van der Waals surface area contributed by atoms with E-state index in [2.05, 4.69) is 18.0 Å². The first-order chi connectivity index (χ1) is 7.80. The second kappa shape index (κ2) is 4.63. The Morgan fingerprint density at radius 3 is 2.75 bits per heavy atom. The van der Waals surface area contributed by atoms with Gasteiger partial charge in [-0.1, -0.05) is 13.0 Å². The van der Waals surface area contributed by atoms with E-state index in [0.29, 0.717) is 12.4 Å². The van der Waals surface area contributed by atoms with E-state index in [9.17, 15) is 5.11 Å². The minimum atomic E-state index is -0.101. The maximum absolute atomic E-state index is 9.21. The second-order valence-corrected chi connectivity index (χ2v) is 3.74. The third-order valence-corrected chi connectivity index (χ3v) is 2.76. The number of aliphatic hydroxyl groups excluding tert-OH is 2. The summed E-state index contributed by atoms with van der Waals surface area (Å²) in [4.78, 5) is 4.36. The molecule has 1 aromatic carbocycles. The molecule has 2 rings (SSSR count). The van der Waals surface area contributed by atoms with Gasteiger partial charge in [-0.2, -0.15) is 0 Å². The zero-order valence-corrected chi connectivity index (χ0v) is 9.35. The van der Waals surface area contributed by atoms with Crippen LogP contribution in [0.15, 0.2) is 18.2 Å². The Morgan fingerprint density at radius 2 is 2.12 bits per heavy atom. The van der Waals surface area contributed by atoms with Crippen molar-refractivity contribution in [2.75, 3.05) is 6.61 Å². The van der Waals surface area contributed by atoms with Crippen LogP contribution in [-0.2, 0) is 19.6 Å². The summed E-state index contributed by atoms with van der Waals surface area (Å²) in [5, 5.41) is 18.2. The van der Waals surface area contributed by atoms with Gasteiger partial charge in [0.25, 0.3) is 0 Å². The van der Waals surface area contributed by atoms with Crippen LogP contribution < -0.4 is 0 Å². The molecule has 0 aliphatic rings. The lowest BCUT2D eigenvalue weighted by molar-refractivity contribution is 0.248. The van der Waals surface area contributed by atoms with Gasteiger partial charge in [0.15, 0.2) is 0 Å². The summed E-state index contributed by atoms with van der Waals surface area (Å²) >= 11 is 0. The first-order valence-electron chi connectivity index (χ1n) is 5.50. The van der Waals surface area contributed by atoms with Gasteiger partial charge in [-0.3, -0.25) is 0 Å². The molecule has 2 aromatic rings. The van der Waals surface area contributed by atoms with Crippen molar-refractivity contribution in [1.82, 2.24) is 9.55 Å². The van der Waals surface area contributed by atoms with Crippen molar-refractivity contribution in [1.29, 1.82) is 0 Å². The van der Waals surface area contributed by atoms with Gasteiger partial charge in [-0.05, 0) is 24.1 Å². The fourth-order valence-electron chi connectivity index (χ4n) is 1.92. The predicted octanol–water partition coefficient (Wildman–Crippen LogP) is 1.08. The fraction of sp³-hybridized carbons (Fsp3) is 0.417. The largest absolute Gasteiger partial charge is 0.395 e. The quantitative estimate of drug-likeness (QED) is 0.810. The molecule has 16 heavy (non-hydrogen) atoms. The smallest absolute Gasteiger partial charge is 0.135 e. The van der Waals surface area contributed by atoms with E-state index in [1.165, 1.54) is 5.56 Å². The summed E-state index contributed by atoms with van der Waals surface area (Å²) in [5.41, 5.74) is 3.08. The van der Waals surface area contributed by atoms with Crippen LogP contribution >= 0.6 is 0 Å². The second-order valence-electron chi connectivity index (χ2n) is 3.74. The number of benzene rings is 1. The molecule has 4 heteroatoms. The molecule has 0 bridgehead atoms. The first-order valence-corrected chi connectivity index (χ1v) is 5.50. The van der Waals surface area contributed by atoms with E-state index >= 15 is 0 Å². The first kappa shape index (κ1) is 11.1. The SMILES string of the molecule is CCc1ccc2c(c1)nc(CO)n2CCO. The average molecular weight is 220 g/mol. The molecule has 0 amide bonds. The Kier molecular flexibility index (Phi) is 3.22. The van der Waals surface area contributed by atoms with Crippen LogP contribution in [-0.4, -0.2) is 26.4 Å². The molecule has 0 spiro atoms. The monoisotopic (exact) mass is 220 g/mol. The Morgan fingerprint density at radius 1 is 1.31 bits per heavy atom. The van der Waals surface area contributed by atoms with Crippen LogP contribution in [0.25, 0.3) is 11.0 Å². The molecule has 0 unspecified atom stereocenters. The highest BCUT2D eigenvalue weighted by molar-refractivity contribution is 5.76. The molecule has 0 aliphatic carbocycles. The Bertz CT molecular complexity index is 491. The number of fused-ring (bicyclic) bond motifs is 1. The van der Waals surface area contributed by atoms with Gasteiger partial charge >= 0.3 is 0 Å². The summed E-state index contributed by atoms with van der Waals surface area (Å²) < 4.78 is 1.86. The molecule has 0 aliphatic heterocycles. The molecular formula is C12H16N2O2. The van der Waals surface area contributed by atoms with Gasteiger partial charge in [-0.25, -0.2) is 4.98 Å². The molecule has 0 saturated heterocycles. The van der Waals surface area contributed by atoms with E-state index in [1.807, 2.05) is 16.7 Å². The summed E-state index contributed by atoms with van der Waals surface area (Å²) in [6.45, 7) is 2.51. The van der Waals surface area contributed by atoms with Crippen molar-refractivity contribution < 1.29 is 10.2 Å². The van der Waals surface area contributed by atoms with Gasteiger partial charge < -0.3 is 14.8 Å². The highest BCUT2D eigenvalue weighted by Gasteiger charge is 2.09. The summed E-state index contributed by atoms with van der Waals surface area (Å²) in [7, 11) is 0. The number of aliphatic hydroxyl groups is 2. The Labute approximate surface area is 94.2 Å². The van der Waals surface area contributed by atoms with Crippen molar-refractivity contribution in [2.45, 2.75) is 26.5 Å². The highest BCUT2D eigenvalue weighted by Crippen LogP contribution is 2.18. The van der Waals surface area contributed by atoms with Crippen LogP contribution in [0.2, 0.25) is 0 Å². The summed E-state index contributed by atoms with van der Waals surface area (Å²) in [5.74, 6) is 0.609. The molecule has 0 saturated carbocycles. The number of hydrogen-bond donors (Lipinski definition) is 2. The van der Waals surface area contributed by atoms with Crippen molar-refractivity contribution >= 4 is 11.0 Å². The Balaban J connectivity index is 2.58. The third-order valence-electron chi connectivity index (χ3n) is 2.76. The highest BCUT2D eigenvalue weighted by atomic mass is 16.3. The number of imidazole rings is 1. The number of hydrogen-bond acceptors (Lipinski definition) is 3. The van der Waals surface area contributed by atoms with E-state index in [0.717, 1.165) is 17.5 Å². The molecule has 0 fully saturated rings. The molecule has 1 heterocycles. The average Bonchev–Trinajstić information content (AvgIpc) is 2.67. The van der Waals surface area contributed by atoms with Crippen LogP contribution in [0, 0.1) is 0 Å². The lowest BCUT2D eigenvalue weighted by Gasteiger charge is -2.05. The molecule has 0 atom stereocenters. The van der Waals surface area contributed by atoms with Crippen LogP contribution in [0.3, 0.4) is 0 Å². The zero-order valence-electron chi connectivity index (χ0n) is 9.35. The molecule has 1 aromatic heterocycles. The van der Waals surface area contributed by atoms with Crippen LogP contribution in [0.1, 0.15) is 18.3 Å². The molecule has 86 valence electrons. The third kappa shape index (κ3) is 1.81. The fourth-order valence-corrected chi connectivity index (χ4v) is 1.92. The molecule has 0 radical (unpaired) electrons. The van der Waals surface area contributed by atoms with Crippen molar-refractivity contribution in [3.05, 3.63) is 29.6 Å². The van der Waals surface area contributed by atoms with E-state index in [4.69, 9.17) is 5.11 Å². The molecule has 2 N–H and O–H groups in total. The number of aromatic nitrogens is 2. The minimum Gasteiger partial charge on any atom is -0.395 e. The van der Waals surface area contributed by atoms with E-state index in [-0.39, 0.29) is 13.2 Å². The summed E-state index contributed by atoms with van der Waals surface area (Å²) in [6, 6.07) is 6.08. The topological polar surface area (TPSA) is 58.3 Å². The predicted molar refractivity (Wildman–Crippen MR) is 62.1 cm³/mol. The van der Waals surface area contributed by atoms with Crippen LogP contribution in [0.4, 0.5) is 0 Å². The normalized spacial score (nSPS) is 11.2. The van der Waals surface area contributed by atoms with Crippen molar-refractivity contribution in [3.8, 4) is 0 Å². The van der Waals surface area contributed by atoms with Crippen LogP contribution in [0.5, 0.6) is 0 Å². The molecular weight excluding hydrogens is 204 g/mol. The van der Waals surface area contributed by atoms with Gasteiger partial charge in [-0.15, -0.1) is 0 Å². The van der Waals surface area contributed by atoms with Crippen molar-refractivity contribution in [2.24, 2.45) is 0 Å². The minimum absolute atomic E-state index is 0.0496. The number of rotatable bonds is 4. The maximum Gasteiger partial charge on any atom is 0.135 e. The number of aryl methyl sites for hydroxylation is 1. The standard InChI is InChI=1S/C12H16N2O2/c1-2-9-3-4-11-10(7-9)13-12(8-16)14(11)5-6-15/h3-4,7,15-16H,2,5-6,8H2,1H3. The van der Waals surface area contributed by atoms with Crippen molar-refractivity contribution in [3.63, 3.8) is 0 Å². The molecule has 4 nitrogen and oxygen atoms in total. The van der Waals surface area contributed by atoms with Gasteiger partial charge in [0, 0.05) is 6.54 Å². The van der Waals surface area contributed by atoms with Gasteiger partial charge in [0.2, 0.25) is 0 Å². The maximum atomic E-state index is 9.21. The zero-order chi connectivity index (χ0) is 11.5. The lowest BCUT2D eigenvalue weighted by atomic mass is 10.1. The van der Waals surface area contributed by atoms with Gasteiger partial charge in [0.05, 0.1) is 17.6 Å². The van der Waals surface area contributed by atoms with Gasteiger partial charge in [0.1, 0.15) is 12.4 Å². The summed E-state index contributed by atoms with van der Waals surface area (Å²) in [6.07, 6.45) is 0.970.